The number of hydrogen-bond acceptors (Lipinski definition) is 2. The smallest absolute Gasteiger partial charge is 0.338 e. The van der Waals surface area contributed by atoms with E-state index in [2.05, 4.69) is 0 Å². The molecule has 0 saturated carbocycles. The second-order valence-corrected chi connectivity index (χ2v) is 3.30. The molecule has 0 aliphatic rings. The molecule has 2 heterocycles. The van der Waals surface area contributed by atoms with Crippen molar-refractivity contribution in [3.8, 4) is 0 Å². The number of hydrogen-bond donors (Lipinski definition) is 1. The normalized spacial score (nSPS) is 9.81. The van der Waals surface area contributed by atoms with Crippen LogP contribution in [0.2, 0.25) is 0 Å². The molecule has 0 aliphatic carbocycles. The Kier molecular flexibility index (Phi) is 3.34. The van der Waals surface area contributed by atoms with E-state index >= 15 is 0 Å². The largest absolute Gasteiger partial charge is 0.478 e. The molecular formula is C11H10ClNO3. The van der Waals surface area contributed by atoms with Gasteiger partial charge in [0.1, 0.15) is 0 Å². The summed E-state index contributed by atoms with van der Waals surface area (Å²) in [4.78, 5) is 22.6. The molecule has 16 heavy (non-hydrogen) atoms. The Morgan fingerprint density at radius 1 is 1.38 bits per heavy atom. The van der Waals surface area contributed by atoms with E-state index in [1.165, 1.54) is 10.5 Å². The number of nitrogens with zero attached hydrogens (tertiary/aromatic N) is 1. The van der Waals surface area contributed by atoms with Crippen molar-refractivity contribution in [2.75, 3.05) is 0 Å². The molecule has 2 aromatic heterocycles. The fraction of sp³-hybridized carbons (Fsp3) is 0.0909. The molecule has 0 unspecified atom stereocenters. The van der Waals surface area contributed by atoms with Crippen molar-refractivity contribution in [1.82, 2.24) is 4.40 Å². The number of carbonyl (C=O) groups is 1. The first kappa shape index (κ1) is 12.3. The second kappa shape index (κ2) is 4.37. The van der Waals surface area contributed by atoms with Crippen molar-refractivity contribution in [3.05, 3.63) is 51.9 Å². The van der Waals surface area contributed by atoms with Gasteiger partial charge in [0.05, 0.1) is 11.1 Å². The highest BCUT2D eigenvalue weighted by Gasteiger charge is 2.12. The van der Waals surface area contributed by atoms with Crippen LogP contribution in [-0.4, -0.2) is 15.5 Å². The summed E-state index contributed by atoms with van der Waals surface area (Å²) in [6.07, 6.45) is 1.56. The van der Waals surface area contributed by atoms with Gasteiger partial charge < -0.3 is 5.11 Å². The Morgan fingerprint density at radius 3 is 2.69 bits per heavy atom. The van der Waals surface area contributed by atoms with Crippen molar-refractivity contribution in [3.63, 3.8) is 0 Å². The Morgan fingerprint density at radius 2 is 2.06 bits per heavy atom. The Balaban J connectivity index is 0.00000128. The highest BCUT2D eigenvalue weighted by Crippen LogP contribution is 2.12. The van der Waals surface area contributed by atoms with Gasteiger partial charge in [0.25, 0.3) is 5.56 Å². The fourth-order valence-corrected chi connectivity index (χ4v) is 1.65. The van der Waals surface area contributed by atoms with E-state index in [0.717, 1.165) is 0 Å². The minimum atomic E-state index is -1.02. The van der Waals surface area contributed by atoms with E-state index in [-0.39, 0.29) is 23.5 Å². The summed E-state index contributed by atoms with van der Waals surface area (Å²) >= 11 is 0. The van der Waals surface area contributed by atoms with Gasteiger partial charge in [-0.15, -0.1) is 12.4 Å². The summed E-state index contributed by atoms with van der Waals surface area (Å²) < 4.78 is 1.33. The SMILES string of the molecule is Cc1cc(=O)n2ccccc2c1C(=O)O.Cl. The minimum Gasteiger partial charge on any atom is -0.478 e. The highest BCUT2D eigenvalue weighted by atomic mass is 35.5. The first-order valence-electron chi connectivity index (χ1n) is 4.45. The maximum atomic E-state index is 11.5. The van der Waals surface area contributed by atoms with Crippen molar-refractivity contribution in [1.29, 1.82) is 0 Å². The number of aromatic carboxylic acids is 1. The molecule has 0 spiro atoms. The van der Waals surface area contributed by atoms with Crippen LogP contribution >= 0.6 is 12.4 Å². The van der Waals surface area contributed by atoms with Crippen LogP contribution < -0.4 is 5.56 Å². The summed E-state index contributed by atoms with van der Waals surface area (Å²) in [5.41, 5.74) is 0.872. The molecule has 0 amide bonds. The molecule has 1 N–H and O–H groups in total. The van der Waals surface area contributed by atoms with Crippen LogP contribution in [0.5, 0.6) is 0 Å². The van der Waals surface area contributed by atoms with Crippen LogP contribution in [0.1, 0.15) is 15.9 Å². The molecule has 2 aromatic rings. The predicted molar refractivity (Wildman–Crippen MR) is 62.6 cm³/mol. The van der Waals surface area contributed by atoms with Gasteiger partial charge >= 0.3 is 5.97 Å². The van der Waals surface area contributed by atoms with Gasteiger partial charge in [-0.2, -0.15) is 0 Å². The zero-order chi connectivity index (χ0) is 11.0. The zero-order valence-electron chi connectivity index (χ0n) is 8.51. The quantitative estimate of drug-likeness (QED) is 0.825. The van der Waals surface area contributed by atoms with Gasteiger partial charge in [-0.25, -0.2) is 4.79 Å². The first-order valence-corrected chi connectivity index (χ1v) is 4.45. The molecule has 0 fully saturated rings. The van der Waals surface area contributed by atoms with Gasteiger partial charge in [0, 0.05) is 12.3 Å². The molecule has 0 bridgehead atoms. The number of aromatic nitrogens is 1. The standard InChI is InChI=1S/C11H9NO3.ClH/c1-7-6-9(13)12-5-3-2-4-8(12)10(7)11(14)15;/h2-6H,1H3,(H,14,15);1H. The highest BCUT2D eigenvalue weighted by molar-refractivity contribution is 5.97. The van der Waals surface area contributed by atoms with Crippen LogP contribution in [0.3, 0.4) is 0 Å². The lowest BCUT2D eigenvalue weighted by molar-refractivity contribution is 0.0698. The molecular weight excluding hydrogens is 230 g/mol. The maximum absolute atomic E-state index is 11.5. The third-order valence-corrected chi connectivity index (χ3v) is 2.30. The van der Waals surface area contributed by atoms with Crippen molar-refractivity contribution in [2.45, 2.75) is 6.92 Å². The number of aryl methyl sites for hydroxylation is 1. The van der Waals surface area contributed by atoms with Crippen LogP contribution in [0.15, 0.2) is 35.3 Å². The van der Waals surface area contributed by atoms with E-state index in [1.807, 2.05) is 0 Å². The maximum Gasteiger partial charge on any atom is 0.338 e. The number of halogens is 1. The molecule has 0 aliphatic heterocycles. The van der Waals surface area contributed by atoms with Crippen molar-refractivity contribution < 1.29 is 9.90 Å². The predicted octanol–water partition coefficient (Wildman–Crippen LogP) is 1.73. The van der Waals surface area contributed by atoms with Gasteiger partial charge in [0.2, 0.25) is 0 Å². The molecule has 0 aromatic carbocycles. The van der Waals surface area contributed by atoms with E-state index in [0.29, 0.717) is 11.1 Å². The molecule has 0 radical (unpaired) electrons. The lowest BCUT2D eigenvalue weighted by Crippen LogP contribution is -2.17. The summed E-state index contributed by atoms with van der Waals surface area (Å²) in [5.74, 6) is -1.02. The van der Waals surface area contributed by atoms with Gasteiger partial charge in [-0.3, -0.25) is 9.20 Å². The number of carboxylic acid groups (broad SMARTS) is 1. The third-order valence-electron chi connectivity index (χ3n) is 2.30. The molecule has 4 nitrogen and oxygen atoms in total. The van der Waals surface area contributed by atoms with Crippen LogP contribution in [0.4, 0.5) is 0 Å². The van der Waals surface area contributed by atoms with Crippen molar-refractivity contribution >= 4 is 23.9 Å². The van der Waals surface area contributed by atoms with E-state index in [4.69, 9.17) is 5.11 Å². The molecule has 5 heteroatoms. The lowest BCUT2D eigenvalue weighted by atomic mass is 10.1. The van der Waals surface area contributed by atoms with Crippen LogP contribution in [0, 0.1) is 6.92 Å². The number of carboxylic acids is 1. The van der Waals surface area contributed by atoms with Gasteiger partial charge in [0.15, 0.2) is 0 Å². The van der Waals surface area contributed by atoms with E-state index in [9.17, 15) is 9.59 Å². The fourth-order valence-electron chi connectivity index (χ4n) is 1.65. The zero-order valence-corrected chi connectivity index (χ0v) is 9.32. The molecule has 84 valence electrons. The summed E-state index contributed by atoms with van der Waals surface area (Å²) in [6, 6.07) is 6.35. The monoisotopic (exact) mass is 239 g/mol. The number of pyridine rings is 2. The molecule has 0 saturated heterocycles. The van der Waals surface area contributed by atoms with Crippen LogP contribution in [0.25, 0.3) is 5.52 Å². The van der Waals surface area contributed by atoms with Crippen molar-refractivity contribution in [2.24, 2.45) is 0 Å². The Hall–Kier alpha value is -1.81. The Labute approximate surface area is 97.6 Å². The molecule has 2 rings (SSSR count). The topological polar surface area (TPSA) is 58.8 Å². The summed E-state index contributed by atoms with van der Waals surface area (Å²) in [5, 5.41) is 9.04. The van der Waals surface area contributed by atoms with Gasteiger partial charge in [-0.1, -0.05) is 6.07 Å². The summed E-state index contributed by atoms with van der Waals surface area (Å²) in [6.45, 7) is 1.62. The molecule has 0 atom stereocenters. The average molecular weight is 240 g/mol. The summed E-state index contributed by atoms with van der Waals surface area (Å²) in [7, 11) is 0. The van der Waals surface area contributed by atoms with E-state index in [1.54, 1.807) is 31.3 Å². The number of rotatable bonds is 1. The van der Waals surface area contributed by atoms with Gasteiger partial charge in [-0.05, 0) is 24.6 Å². The number of fused-ring (bicyclic) bond motifs is 1. The van der Waals surface area contributed by atoms with E-state index < -0.39 is 5.97 Å². The minimum absolute atomic E-state index is 0. The second-order valence-electron chi connectivity index (χ2n) is 3.30. The lowest BCUT2D eigenvalue weighted by Gasteiger charge is -2.06. The van der Waals surface area contributed by atoms with Crippen LogP contribution in [-0.2, 0) is 0 Å². The Bertz CT molecular complexity index is 604. The average Bonchev–Trinajstić information content (AvgIpc) is 2.17. The third kappa shape index (κ3) is 1.79. The first-order chi connectivity index (χ1) is 7.11.